The molecule has 0 bridgehead atoms. The molecular formula is C22H23NO7. The molecule has 1 aliphatic heterocycles. The lowest BCUT2D eigenvalue weighted by molar-refractivity contribution is -0.145. The number of benzene rings is 2. The lowest BCUT2D eigenvalue weighted by atomic mass is 10.1. The average molecular weight is 413 g/mol. The van der Waals surface area contributed by atoms with E-state index in [0.717, 1.165) is 11.1 Å². The molecule has 1 N–H and O–H groups in total. The van der Waals surface area contributed by atoms with Crippen LogP contribution in [0.4, 0.5) is 0 Å². The lowest BCUT2D eigenvalue weighted by Gasteiger charge is -2.17. The number of rotatable bonds is 8. The number of ether oxygens (including phenoxy) is 5. The van der Waals surface area contributed by atoms with Crippen LogP contribution in [0.15, 0.2) is 42.0 Å². The number of amides is 1. The Hall–Kier alpha value is -3.68. The maximum Gasteiger partial charge on any atom is 0.338 e. The van der Waals surface area contributed by atoms with Crippen LogP contribution in [-0.2, 0) is 20.9 Å². The van der Waals surface area contributed by atoms with E-state index in [2.05, 4.69) is 5.32 Å². The van der Waals surface area contributed by atoms with Gasteiger partial charge in [0.15, 0.2) is 18.1 Å². The van der Waals surface area contributed by atoms with Crippen molar-refractivity contribution in [3.8, 4) is 23.0 Å². The lowest BCUT2D eigenvalue weighted by Crippen LogP contribution is -2.29. The van der Waals surface area contributed by atoms with Gasteiger partial charge in [0, 0.05) is 12.1 Å². The Morgan fingerprint density at radius 3 is 2.40 bits per heavy atom. The van der Waals surface area contributed by atoms with Gasteiger partial charge in [-0.1, -0.05) is 18.2 Å². The second-order valence-electron chi connectivity index (χ2n) is 6.38. The number of hydrogen-bond acceptors (Lipinski definition) is 7. The molecule has 8 heteroatoms. The summed E-state index contributed by atoms with van der Waals surface area (Å²) in [4.78, 5) is 24.3. The van der Waals surface area contributed by atoms with Crippen molar-refractivity contribution in [2.45, 2.75) is 6.54 Å². The Morgan fingerprint density at radius 1 is 1.03 bits per heavy atom. The van der Waals surface area contributed by atoms with Crippen molar-refractivity contribution in [1.29, 1.82) is 0 Å². The maximum absolute atomic E-state index is 12.2. The van der Waals surface area contributed by atoms with Crippen LogP contribution in [0.2, 0.25) is 0 Å². The van der Waals surface area contributed by atoms with Crippen LogP contribution in [0.1, 0.15) is 11.1 Å². The summed E-state index contributed by atoms with van der Waals surface area (Å²) in [5.41, 5.74) is 1.89. The molecule has 2 aromatic rings. The van der Waals surface area contributed by atoms with Gasteiger partial charge >= 0.3 is 5.97 Å². The minimum absolute atomic E-state index is 0.100. The summed E-state index contributed by atoms with van der Waals surface area (Å²) in [5, 5.41) is 2.69. The molecule has 0 aliphatic carbocycles. The Bertz CT molecular complexity index is 943. The van der Waals surface area contributed by atoms with E-state index < -0.39 is 18.5 Å². The number of carbonyl (C=O) groups excluding carboxylic acids is 2. The molecule has 1 amide bonds. The van der Waals surface area contributed by atoms with E-state index in [1.807, 2.05) is 24.3 Å². The van der Waals surface area contributed by atoms with Gasteiger partial charge in [-0.25, -0.2) is 4.79 Å². The van der Waals surface area contributed by atoms with Crippen molar-refractivity contribution in [3.05, 3.63) is 53.1 Å². The SMILES string of the molecule is COc1cc(CNC(=O)COC(=O)C2=Cc3ccccc3OC2)cc(OC)c1OC. The molecule has 0 aromatic heterocycles. The smallest absolute Gasteiger partial charge is 0.338 e. The molecule has 30 heavy (non-hydrogen) atoms. The highest BCUT2D eigenvalue weighted by Crippen LogP contribution is 2.38. The van der Waals surface area contributed by atoms with Crippen LogP contribution >= 0.6 is 0 Å². The normalized spacial score (nSPS) is 12.0. The number of fused-ring (bicyclic) bond motifs is 1. The summed E-state index contributed by atoms with van der Waals surface area (Å²) in [5.74, 6) is 1.11. The first-order valence-electron chi connectivity index (χ1n) is 9.20. The first-order valence-corrected chi connectivity index (χ1v) is 9.20. The first kappa shape index (κ1) is 21.0. The number of esters is 1. The summed E-state index contributed by atoms with van der Waals surface area (Å²) < 4.78 is 26.5. The van der Waals surface area contributed by atoms with E-state index in [9.17, 15) is 9.59 Å². The predicted octanol–water partition coefficient (Wildman–Crippen LogP) is 2.35. The zero-order valence-electron chi connectivity index (χ0n) is 17.0. The van der Waals surface area contributed by atoms with Crippen LogP contribution in [0, 0.1) is 0 Å². The fourth-order valence-electron chi connectivity index (χ4n) is 2.95. The molecule has 2 aromatic carbocycles. The van der Waals surface area contributed by atoms with Crippen LogP contribution < -0.4 is 24.3 Å². The second kappa shape index (κ2) is 9.69. The fraction of sp³-hybridized carbons (Fsp3) is 0.273. The summed E-state index contributed by atoms with van der Waals surface area (Å²) in [7, 11) is 4.55. The Kier molecular flexibility index (Phi) is 6.79. The number of carbonyl (C=O) groups is 2. The molecule has 158 valence electrons. The minimum atomic E-state index is -0.590. The van der Waals surface area contributed by atoms with Gasteiger partial charge in [0.25, 0.3) is 5.91 Å². The van der Waals surface area contributed by atoms with Gasteiger partial charge in [-0.05, 0) is 29.8 Å². The largest absolute Gasteiger partial charge is 0.493 e. The number of nitrogens with one attached hydrogen (secondary N) is 1. The minimum Gasteiger partial charge on any atom is -0.493 e. The van der Waals surface area contributed by atoms with Crippen molar-refractivity contribution < 1.29 is 33.3 Å². The zero-order chi connectivity index (χ0) is 21.5. The quantitative estimate of drug-likeness (QED) is 0.664. The van der Waals surface area contributed by atoms with E-state index in [4.69, 9.17) is 23.7 Å². The van der Waals surface area contributed by atoms with E-state index in [1.165, 1.54) is 21.3 Å². The maximum atomic E-state index is 12.2. The molecule has 8 nitrogen and oxygen atoms in total. The summed E-state index contributed by atoms with van der Waals surface area (Å²) >= 11 is 0. The zero-order valence-corrected chi connectivity index (χ0v) is 17.0. The van der Waals surface area contributed by atoms with Crippen LogP contribution in [0.5, 0.6) is 23.0 Å². The van der Waals surface area contributed by atoms with Crippen molar-refractivity contribution in [2.24, 2.45) is 0 Å². The number of hydrogen-bond donors (Lipinski definition) is 1. The average Bonchev–Trinajstić information content (AvgIpc) is 2.79. The Morgan fingerprint density at radius 2 is 1.73 bits per heavy atom. The highest BCUT2D eigenvalue weighted by Gasteiger charge is 2.19. The standard InChI is InChI=1S/C22H23NO7/c1-26-18-8-14(9-19(27-2)21(18)28-3)11-23-20(24)13-30-22(25)16-10-15-6-4-5-7-17(15)29-12-16/h4-10H,11-13H2,1-3H3,(H,23,24). The van der Waals surface area contributed by atoms with Gasteiger partial charge in [-0.15, -0.1) is 0 Å². The third-order valence-corrected chi connectivity index (χ3v) is 4.44. The highest BCUT2D eigenvalue weighted by atomic mass is 16.5. The molecule has 1 heterocycles. The highest BCUT2D eigenvalue weighted by molar-refractivity contribution is 5.96. The topological polar surface area (TPSA) is 92.3 Å². The van der Waals surface area contributed by atoms with Crippen molar-refractivity contribution >= 4 is 18.0 Å². The van der Waals surface area contributed by atoms with Crippen LogP contribution in [0.25, 0.3) is 6.08 Å². The van der Waals surface area contributed by atoms with Gasteiger partial charge in [0.2, 0.25) is 5.75 Å². The van der Waals surface area contributed by atoms with Crippen LogP contribution in [0.3, 0.4) is 0 Å². The first-order chi connectivity index (χ1) is 14.5. The van der Waals surface area contributed by atoms with Gasteiger partial charge in [0.1, 0.15) is 12.4 Å². The third-order valence-electron chi connectivity index (χ3n) is 4.44. The monoisotopic (exact) mass is 413 g/mol. The molecule has 0 radical (unpaired) electrons. The Labute approximate surface area is 174 Å². The molecule has 0 spiro atoms. The van der Waals surface area contributed by atoms with Gasteiger partial charge in [-0.3, -0.25) is 4.79 Å². The molecular weight excluding hydrogens is 390 g/mol. The molecule has 3 rings (SSSR count). The van der Waals surface area contributed by atoms with E-state index in [1.54, 1.807) is 18.2 Å². The van der Waals surface area contributed by atoms with E-state index in [-0.39, 0.29) is 13.2 Å². The second-order valence-corrected chi connectivity index (χ2v) is 6.38. The van der Waals surface area contributed by atoms with Crippen molar-refractivity contribution in [3.63, 3.8) is 0 Å². The van der Waals surface area contributed by atoms with Gasteiger partial charge in [-0.2, -0.15) is 0 Å². The summed E-state index contributed by atoms with van der Waals surface area (Å²) in [6.45, 7) is -0.0998. The molecule has 0 atom stereocenters. The Balaban J connectivity index is 1.54. The third kappa shape index (κ3) is 4.83. The number of para-hydroxylation sites is 1. The molecule has 0 fully saturated rings. The van der Waals surface area contributed by atoms with E-state index >= 15 is 0 Å². The number of methoxy groups -OCH3 is 3. The summed E-state index contributed by atoms with van der Waals surface area (Å²) in [6.07, 6.45) is 1.70. The van der Waals surface area contributed by atoms with Crippen molar-refractivity contribution in [2.75, 3.05) is 34.5 Å². The van der Waals surface area contributed by atoms with Gasteiger partial charge in [0.05, 0.1) is 26.9 Å². The summed E-state index contributed by atoms with van der Waals surface area (Å²) in [6, 6.07) is 10.8. The van der Waals surface area contributed by atoms with Gasteiger partial charge < -0.3 is 29.0 Å². The fourth-order valence-corrected chi connectivity index (χ4v) is 2.95. The van der Waals surface area contributed by atoms with Crippen molar-refractivity contribution in [1.82, 2.24) is 5.32 Å². The molecule has 1 aliphatic rings. The van der Waals surface area contributed by atoms with Crippen LogP contribution in [-0.4, -0.2) is 46.4 Å². The molecule has 0 saturated carbocycles. The predicted molar refractivity (Wildman–Crippen MR) is 109 cm³/mol. The molecule has 0 unspecified atom stereocenters. The van der Waals surface area contributed by atoms with E-state index in [0.29, 0.717) is 28.6 Å². The molecule has 0 saturated heterocycles.